The first kappa shape index (κ1) is 13.5. The Morgan fingerprint density at radius 3 is 1.89 bits per heavy atom. The highest BCUT2D eigenvalue weighted by Gasteiger charge is 1.98. The van der Waals surface area contributed by atoms with E-state index in [1.807, 2.05) is 0 Å². The molecular weight excluding hydrogens is 228 g/mol. The first-order valence-electron chi connectivity index (χ1n) is 6.60. The third-order valence-electron chi connectivity index (χ3n) is 2.87. The zero-order valence-electron chi connectivity index (χ0n) is 10.8. The molecule has 1 aromatic rings. The van der Waals surface area contributed by atoms with E-state index in [9.17, 15) is 0 Å². The van der Waals surface area contributed by atoms with E-state index in [1.54, 1.807) is 0 Å². The van der Waals surface area contributed by atoms with Crippen LogP contribution in [0.3, 0.4) is 0 Å². The minimum absolute atomic E-state index is 0.676. The molecule has 1 heterocycles. The van der Waals surface area contributed by atoms with Crippen molar-refractivity contribution < 1.29 is 9.47 Å². The van der Waals surface area contributed by atoms with E-state index < -0.39 is 0 Å². The van der Waals surface area contributed by atoms with Gasteiger partial charge >= 0.3 is 0 Å². The Morgan fingerprint density at radius 1 is 0.778 bits per heavy atom. The standard InChI is InChI=1S/C14H22N2O2/c1-2-13-10-14(3-1)12-16-5-7-18-9-8-17-6-4-15-11-13/h1-3,10,15-16H,4-9,11-12H2. The predicted octanol–water partition coefficient (Wildman–Crippen LogP) is 0.913. The molecule has 0 aliphatic carbocycles. The molecule has 0 fully saturated rings. The number of nitrogens with one attached hydrogen (secondary N) is 2. The fourth-order valence-electron chi connectivity index (χ4n) is 1.93. The zero-order valence-corrected chi connectivity index (χ0v) is 10.8. The van der Waals surface area contributed by atoms with Gasteiger partial charge in [-0.15, -0.1) is 0 Å². The van der Waals surface area contributed by atoms with Gasteiger partial charge in [-0.25, -0.2) is 0 Å². The van der Waals surface area contributed by atoms with Gasteiger partial charge in [0.2, 0.25) is 0 Å². The van der Waals surface area contributed by atoms with Crippen molar-refractivity contribution in [3.05, 3.63) is 35.4 Å². The predicted molar refractivity (Wildman–Crippen MR) is 71.5 cm³/mol. The molecule has 1 aliphatic rings. The van der Waals surface area contributed by atoms with E-state index in [2.05, 4.69) is 34.9 Å². The second-order valence-electron chi connectivity index (χ2n) is 4.40. The zero-order chi connectivity index (χ0) is 12.5. The van der Waals surface area contributed by atoms with Crippen molar-refractivity contribution in [1.29, 1.82) is 0 Å². The summed E-state index contributed by atoms with van der Waals surface area (Å²) in [4.78, 5) is 0. The van der Waals surface area contributed by atoms with Crippen molar-refractivity contribution in [3.63, 3.8) is 0 Å². The monoisotopic (exact) mass is 250 g/mol. The molecule has 1 aromatic carbocycles. The van der Waals surface area contributed by atoms with Gasteiger partial charge in [-0.3, -0.25) is 0 Å². The lowest BCUT2D eigenvalue weighted by Crippen LogP contribution is -2.21. The van der Waals surface area contributed by atoms with E-state index in [0.717, 1.165) is 39.4 Å². The van der Waals surface area contributed by atoms with Gasteiger partial charge in [-0.1, -0.05) is 24.3 Å². The summed E-state index contributed by atoms with van der Waals surface area (Å²) in [6, 6.07) is 8.65. The normalized spacial score (nSPS) is 19.8. The fraction of sp³-hybridized carbons (Fsp3) is 0.571. The minimum Gasteiger partial charge on any atom is -0.378 e. The Morgan fingerprint density at radius 2 is 1.33 bits per heavy atom. The van der Waals surface area contributed by atoms with Crippen LogP contribution >= 0.6 is 0 Å². The second-order valence-corrected chi connectivity index (χ2v) is 4.40. The largest absolute Gasteiger partial charge is 0.378 e. The third-order valence-corrected chi connectivity index (χ3v) is 2.87. The number of benzene rings is 1. The molecular formula is C14H22N2O2. The Hall–Kier alpha value is -0.940. The Bertz CT molecular complexity index is 315. The number of hydrogen-bond acceptors (Lipinski definition) is 4. The highest BCUT2D eigenvalue weighted by Crippen LogP contribution is 2.04. The summed E-state index contributed by atoms with van der Waals surface area (Å²) >= 11 is 0. The summed E-state index contributed by atoms with van der Waals surface area (Å²) in [5.41, 5.74) is 2.64. The molecule has 2 rings (SSSR count). The topological polar surface area (TPSA) is 42.5 Å². The van der Waals surface area contributed by atoms with E-state index >= 15 is 0 Å². The van der Waals surface area contributed by atoms with Crippen molar-refractivity contribution in [1.82, 2.24) is 10.6 Å². The SMILES string of the molecule is c1cc2cc(c1)CNCCOCCOCCNC2. The number of rotatable bonds is 0. The minimum atomic E-state index is 0.676. The van der Waals surface area contributed by atoms with Crippen LogP contribution in [-0.2, 0) is 22.6 Å². The van der Waals surface area contributed by atoms with Crippen LogP contribution in [0, 0.1) is 0 Å². The van der Waals surface area contributed by atoms with Crippen LogP contribution in [-0.4, -0.2) is 39.5 Å². The lowest BCUT2D eigenvalue weighted by molar-refractivity contribution is 0.0498. The average Bonchev–Trinajstić information content (AvgIpc) is 2.40. The molecule has 0 amide bonds. The quantitative estimate of drug-likeness (QED) is 0.718. The molecule has 18 heavy (non-hydrogen) atoms. The molecule has 0 radical (unpaired) electrons. The van der Waals surface area contributed by atoms with Gasteiger partial charge in [0.25, 0.3) is 0 Å². The molecule has 0 unspecified atom stereocenters. The lowest BCUT2D eigenvalue weighted by Gasteiger charge is -2.07. The van der Waals surface area contributed by atoms with Gasteiger partial charge in [0.15, 0.2) is 0 Å². The van der Waals surface area contributed by atoms with Crippen molar-refractivity contribution >= 4 is 0 Å². The maximum absolute atomic E-state index is 5.46. The number of ether oxygens (including phenoxy) is 2. The summed E-state index contributed by atoms with van der Waals surface area (Å²) in [5.74, 6) is 0. The summed E-state index contributed by atoms with van der Waals surface area (Å²) in [6.07, 6.45) is 0. The van der Waals surface area contributed by atoms with Gasteiger partial charge in [0.1, 0.15) is 0 Å². The summed E-state index contributed by atoms with van der Waals surface area (Å²) in [7, 11) is 0. The maximum atomic E-state index is 5.46. The molecule has 100 valence electrons. The van der Waals surface area contributed by atoms with Gasteiger partial charge < -0.3 is 20.1 Å². The van der Waals surface area contributed by atoms with Crippen molar-refractivity contribution in [2.75, 3.05) is 39.5 Å². The van der Waals surface area contributed by atoms with E-state index in [1.165, 1.54) is 11.1 Å². The fourth-order valence-corrected chi connectivity index (χ4v) is 1.93. The van der Waals surface area contributed by atoms with Crippen LogP contribution in [0.5, 0.6) is 0 Å². The third kappa shape index (κ3) is 5.14. The average molecular weight is 250 g/mol. The van der Waals surface area contributed by atoms with E-state index in [0.29, 0.717) is 13.2 Å². The number of hydrogen-bond donors (Lipinski definition) is 2. The molecule has 0 aromatic heterocycles. The van der Waals surface area contributed by atoms with Crippen LogP contribution < -0.4 is 10.6 Å². The molecule has 0 spiro atoms. The molecule has 4 heteroatoms. The molecule has 2 N–H and O–H groups in total. The van der Waals surface area contributed by atoms with Gasteiger partial charge in [0.05, 0.1) is 26.4 Å². The highest BCUT2D eigenvalue weighted by atomic mass is 16.5. The van der Waals surface area contributed by atoms with E-state index in [-0.39, 0.29) is 0 Å². The molecule has 0 saturated carbocycles. The Kier molecular flexibility index (Phi) is 6.16. The van der Waals surface area contributed by atoms with Crippen LogP contribution in [0.15, 0.2) is 24.3 Å². The van der Waals surface area contributed by atoms with Crippen molar-refractivity contribution in [2.45, 2.75) is 13.1 Å². The second kappa shape index (κ2) is 8.21. The maximum Gasteiger partial charge on any atom is 0.0701 e. The van der Waals surface area contributed by atoms with Crippen LogP contribution in [0.4, 0.5) is 0 Å². The van der Waals surface area contributed by atoms with Crippen LogP contribution in [0.25, 0.3) is 0 Å². The summed E-state index contributed by atoms with van der Waals surface area (Å²) in [5, 5.41) is 6.75. The van der Waals surface area contributed by atoms with Crippen molar-refractivity contribution in [3.8, 4) is 0 Å². The molecule has 2 bridgehead atoms. The smallest absolute Gasteiger partial charge is 0.0701 e. The first-order chi connectivity index (χ1) is 8.95. The van der Waals surface area contributed by atoms with Crippen molar-refractivity contribution in [2.24, 2.45) is 0 Å². The van der Waals surface area contributed by atoms with E-state index in [4.69, 9.17) is 9.47 Å². The molecule has 0 atom stereocenters. The highest BCUT2D eigenvalue weighted by molar-refractivity contribution is 5.23. The van der Waals surface area contributed by atoms with Crippen LogP contribution in [0.2, 0.25) is 0 Å². The number of fused-ring (bicyclic) bond motifs is 2. The summed E-state index contributed by atoms with van der Waals surface area (Å²) < 4.78 is 10.9. The Labute approximate surface area is 109 Å². The summed E-state index contributed by atoms with van der Waals surface area (Å²) in [6.45, 7) is 6.37. The lowest BCUT2D eigenvalue weighted by atomic mass is 10.1. The van der Waals surface area contributed by atoms with Gasteiger partial charge in [-0.05, 0) is 11.1 Å². The Balaban J connectivity index is 1.87. The van der Waals surface area contributed by atoms with Gasteiger partial charge in [-0.2, -0.15) is 0 Å². The first-order valence-corrected chi connectivity index (χ1v) is 6.60. The molecule has 1 aliphatic heterocycles. The van der Waals surface area contributed by atoms with Gasteiger partial charge in [0, 0.05) is 26.2 Å². The molecule has 0 saturated heterocycles. The van der Waals surface area contributed by atoms with Crippen LogP contribution in [0.1, 0.15) is 11.1 Å². The molecule has 4 nitrogen and oxygen atoms in total.